The van der Waals surface area contributed by atoms with E-state index in [1.54, 1.807) is 0 Å². The molecule has 0 saturated carbocycles. The second-order valence-electron chi connectivity index (χ2n) is 7.40. The first-order valence-corrected chi connectivity index (χ1v) is 9.32. The van der Waals surface area contributed by atoms with Crippen LogP contribution in [-0.2, 0) is 11.2 Å². The van der Waals surface area contributed by atoms with E-state index in [4.69, 9.17) is 0 Å². The number of hydrogen-bond acceptors (Lipinski definition) is 3. The molecule has 3 aromatic carbocycles. The molecular weight excluding hydrogens is 336 g/mol. The molecule has 4 heteroatoms. The molecule has 1 atom stereocenters. The number of benzene rings is 3. The highest BCUT2D eigenvalue weighted by molar-refractivity contribution is 6.00. The lowest BCUT2D eigenvalue weighted by Gasteiger charge is -2.34. The van der Waals surface area contributed by atoms with E-state index >= 15 is 0 Å². The number of aryl methyl sites for hydroxylation is 2. The minimum absolute atomic E-state index is 0.0741. The molecular formula is C23H24N2O2. The smallest absolute Gasteiger partial charge is 0.243 e. The molecule has 3 aromatic rings. The lowest BCUT2D eigenvalue weighted by atomic mass is 9.95. The van der Waals surface area contributed by atoms with Crippen LogP contribution >= 0.6 is 0 Å². The Hall–Kier alpha value is -2.85. The Morgan fingerprint density at radius 3 is 2.78 bits per heavy atom. The van der Waals surface area contributed by atoms with Gasteiger partial charge < -0.3 is 15.3 Å². The van der Waals surface area contributed by atoms with Gasteiger partial charge in [0.25, 0.3) is 0 Å². The fourth-order valence-electron chi connectivity index (χ4n) is 3.96. The topological polar surface area (TPSA) is 52.6 Å². The van der Waals surface area contributed by atoms with Crippen molar-refractivity contribution in [2.45, 2.75) is 26.4 Å². The first-order valence-electron chi connectivity index (χ1n) is 9.32. The summed E-state index contributed by atoms with van der Waals surface area (Å²) in [6.07, 6.45) is 0.155. The van der Waals surface area contributed by atoms with Gasteiger partial charge in [0, 0.05) is 29.7 Å². The predicted molar refractivity (Wildman–Crippen MR) is 110 cm³/mol. The Morgan fingerprint density at radius 2 is 1.96 bits per heavy atom. The summed E-state index contributed by atoms with van der Waals surface area (Å²) in [6, 6.07) is 18.3. The van der Waals surface area contributed by atoms with Crippen molar-refractivity contribution in [2.75, 3.05) is 23.3 Å². The van der Waals surface area contributed by atoms with Crippen LogP contribution in [0.5, 0.6) is 0 Å². The molecule has 4 nitrogen and oxygen atoms in total. The maximum Gasteiger partial charge on any atom is 0.243 e. The van der Waals surface area contributed by atoms with Gasteiger partial charge in [0.2, 0.25) is 5.91 Å². The van der Waals surface area contributed by atoms with Gasteiger partial charge in [0.1, 0.15) is 0 Å². The Bertz CT molecular complexity index is 1010. The molecule has 0 bridgehead atoms. The number of β-amino-alcohol motifs (C(OH)–C–C–N with tert-alkyl or cyclic N) is 1. The van der Waals surface area contributed by atoms with Crippen LogP contribution in [0.2, 0.25) is 0 Å². The third-order valence-corrected chi connectivity index (χ3v) is 5.18. The number of amides is 1. The monoisotopic (exact) mass is 360 g/mol. The molecule has 1 amide bonds. The van der Waals surface area contributed by atoms with Gasteiger partial charge in [0.15, 0.2) is 0 Å². The molecule has 0 saturated heterocycles. The Balaban J connectivity index is 1.63. The molecule has 0 unspecified atom stereocenters. The van der Waals surface area contributed by atoms with E-state index in [9.17, 15) is 9.90 Å². The van der Waals surface area contributed by atoms with E-state index in [0.29, 0.717) is 13.0 Å². The van der Waals surface area contributed by atoms with Crippen molar-refractivity contribution in [1.82, 2.24) is 0 Å². The van der Waals surface area contributed by atoms with Gasteiger partial charge in [-0.25, -0.2) is 0 Å². The molecule has 1 aliphatic heterocycles. The molecule has 0 aliphatic carbocycles. The van der Waals surface area contributed by atoms with Gasteiger partial charge in [0.05, 0.1) is 12.6 Å². The van der Waals surface area contributed by atoms with Crippen LogP contribution in [0.15, 0.2) is 54.6 Å². The third kappa shape index (κ3) is 3.53. The van der Waals surface area contributed by atoms with E-state index in [1.165, 1.54) is 5.56 Å². The normalized spacial score (nSPS) is 16.3. The zero-order valence-electron chi connectivity index (χ0n) is 15.7. The summed E-state index contributed by atoms with van der Waals surface area (Å²) in [5, 5.41) is 15.6. The van der Waals surface area contributed by atoms with E-state index < -0.39 is 6.10 Å². The third-order valence-electron chi connectivity index (χ3n) is 5.18. The van der Waals surface area contributed by atoms with Crippen LogP contribution < -0.4 is 10.2 Å². The standard InChI is InChI=1S/C23H24N2O2/c1-15-7-10-21(16(2)11-15)24-22(27)14-25-13-19(26)12-18-9-8-17-5-3-4-6-20(17)23(18)25/h3-11,19,26H,12-14H2,1-2H3,(H,24,27)/t19-/m0/s1. The summed E-state index contributed by atoms with van der Waals surface area (Å²) >= 11 is 0. The van der Waals surface area contributed by atoms with E-state index in [2.05, 4.69) is 35.6 Å². The Morgan fingerprint density at radius 1 is 1.15 bits per heavy atom. The molecule has 1 aliphatic rings. The van der Waals surface area contributed by atoms with Gasteiger partial charge in [-0.1, -0.05) is 54.1 Å². The number of nitrogens with one attached hydrogen (secondary N) is 1. The largest absolute Gasteiger partial charge is 0.391 e. The maximum atomic E-state index is 12.7. The summed E-state index contributed by atoms with van der Waals surface area (Å²) in [6.45, 7) is 4.71. The average Bonchev–Trinajstić information content (AvgIpc) is 2.63. The summed E-state index contributed by atoms with van der Waals surface area (Å²) < 4.78 is 0. The summed E-state index contributed by atoms with van der Waals surface area (Å²) in [4.78, 5) is 14.7. The van der Waals surface area contributed by atoms with Gasteiger partial charge in [-0.3, -0.25) is 4.79 Å². The van der Waals surface area contributed by atoms with E-state index in [-0.39, 0.29) is 12.5 Å². The number of carbonyl (C=O) groups excluding carboxylic acids is 1. The maximum absolute atomic E-state index is 12.7. The molecule has 138 valence electrons. The second-order valence-corrected chi connectivity index (χ2v) is 7.40. The first-order chi connectivity index (χ1) is 13.0. The van der Waals surface area contributed by atoms with Crippen molar-refractivity contribution >= 4 is 28.1 Å². The summed E-state index contributed by atoms with van der Waals surface area (Å²) in [7, 11) is 0. The summed E-state index contributed by atoms with van der Waals surface area (Å²) in [5.74, 6) is -0.0741. The molecule has 2 N–H and O–H groups in total. The van der Waals surface area contributed by atoms with Crippen molar-refractivity contribution in [3.63, 3.8) is 0 Å². The lowest BCUT2D eigenvalue weighted by Crippen LogP contribution is -2.43. The fraction of sp³-hybridized carbons (Fsp3) is 0.261. The van der Waals surface area contributed by atoms with Gasteiger partial charge in [-0.05, 0) is 36.4 Å². The predicted octanol–water partition coefficient (Wildman–Crippen LogP) is 3.82. The number of hydrogen-bond donors (Lipinski definition) is 2. The number of anilines is 2. The van der Waals surface area contributed by atoms with Crippen molar-refractivity contribution in [3.05, 3.63) is 71.3 Å². The number of nitrogens with zero attached hydrogens (tertiary/aromatic N) is 1. The number of rotatable bonds is 3. The highest BCUT2D eigenvalue weighted by Gasteiger charge is 2.26. The highest BCUT2D eigenvalue weighted by atomic mass is 16.3. The molecule has 0 aromatic heterocycles. The van der Waals surface area contributed by atoms with Crippen LogP contribution in [0, 0.1) is 13.8 Å². The van der Waals surface area contributed by atoms with E-state index in [0.717, 1.165) is 33.3 Å². The molecule has 1 heterocycles. The quantitative estimate of drug-likeness (QED) is 0.747. The Kier molecular flexibility index (Phi) is 4.58. The van der Waals surface area contributed by atoms with Gasteiger partial charge >= 0.3 is 0 Å². The van der Waals surface area contributed by atoms with Crippen molar-refractivity contribution in [2.24, 2.45) is 0 Å². The molecule has 4 rings (SSSR count). The highest BCUT2D eigenvalue weighted by Crippen LogP contribution is 2.35. The summed E-state index contributed by atoms with van der Waals surface area (Å²) in [5.41, 5.74) is 5.21. The van der Waals surface area contributed by atoms with Crippen LogP contribution in [0.1, 0.15) is 16.7 Å². The molecule has 0 spiro atoms. The molecule has 27 heavy (non-hydrogen) atoms. The van der Waals surface area contributed by atoms with Crippen LogP contribution in [0.25, 0.3) is 10.8 Å². The number of fused-ring (bicyclic) bond motifs is 3. The number of aliphatic hydroxyl groups is 1. The van der Waals surface area contributed by atoms with Crippen LogP contribution in [0.3, 0.4) is 0 Å². The SMILES string of the molecule is Cc1ccc(NC(=O)CN2C[C@@H](O)Cc3ccc4ccccc4c32)c(C)c1. The zero-order valence-corrected chi connectivity index (χ0v) is 15.7. The molecule has 0 radical (unpaired) electrons. The fourth-order valence-corrected chi connectivity index (χ4v) is 3.96. The zero-order chi connectivity index (χ0) is 19.0. The lowest BCUT2D eigenvalue weighted by molar-refractivity contribution is -0.115. The molecule has 0 fully saturated rings. The van der Waals surface area contributed by atoms with Crippen LogP contribution in [0.4, 0.5) is 11.4 Å². The van der Waals surface area contributed by atoms with Crippen molar-refractivity contribution < 1.29 is 9.90 Å². The van der Waals surface area contributed by atoms with Crippen molar-refractivity contribution in [1.29, 1.82) is 0 Å². The van der Waals surface area contributed by atoms with Gasteiger partial charge in [-0.2, -0.15) is 0 Å². The number of aliphatic hydroxyl groups excluding tert-OH is 1. The van der Waals surface area contributed by atoms with E-state index in [1.807, 2.05) is 43.0 Å². The first kappa shape index (κ1) is 17.6. The minimum atomic E-state index is -0.465. The number of carbonyl (C=O) groups is 1. The Labute approximate surface area is 159 Å². The average molecular weight is 360 g/mol. The van der Waals surface area contributed by atoms with Crippen LogP contribution in [-0.4, -0.2) is 30.2 Å². The van der Waals surface area contributed by atoms with Gasteiger partial charge in [-0.15, -0.1) is 0 Å². The van der Waals surface area contributed by atoms with Crippen molar-refractivity contribution in [3.8, 4) is 0 Å². The second kappa shape index (κ2) is 7.05. The minimum Gasteiger partial charge on any atom is -0.391 e.